The number of anilines is 1. The van der Waals surface area contributed by atoms with E-state index >= 15 is 0 Å². The van der Waals surface area contributed by atoms with Gasteiger partial charge in [0.1, 0.15) is 0 Å². The van der Waals surface area contributed by atoms with Crippen molar-refractivity contribution in [3.63, 3.8) is 0 Å². The van der Waals surface area contributed by atoms with Crippen molar-refractivity contribution < 1.29 is 8.42 Å². The van der Waals surface area contributed by atoms with E-state index in [0.29, 0.717) is 10.6 Å². The van der Waals surface area contributed by atoms with Crippen LogP contribution in [0.5, 0.6) is 0 Å². The molecule has 0 atom stereocenters. The lowest BCUT2D eigenvalue weighted by molar-refractivity contribution is 0.600. The van der Waals surface area contributed by atoms with Crippen LogP contribution >= 0.6 is 0 Å². The fourth-order valence-electron chi connectivity index (χ4n) is 2.02. The first-order valence-corrected chi connectivity index (χ1v) is 8.09. The van der Waals surface area contributed by atoms with Gasteiger partial charge in [-0.05, 0) is 55.2 Å². The number of hydrogen-bond acceptors (Lipinski definition) is 2. The lowest BCUT2D eigenvalue weighted by atomic mass is 10.2. The topological polar surface area (TPSA) is 46.2 Å². The van der Waals surface area contributed by atoms with Crippen LogP contribution in [0, 0.1) is 13.8 Å². The van der Waals surface area contributed by atoms with Gasteiger partial charge in [-0.3, -0.25) is 4.72 Å². The van der Waals surface area contributed by atoms with Gasteiger partial charge in [0.25, 0.3) is 10.0 Å². The molecule has 0 saturated carbocycles. The molecule has 2 rings (SSSR count). The summed E-state index contributed by atoms with van der Waals surface area (Å²) in [4.78, 5) is 0.331. The van der Waals surface area contributed by atoms with Gasteiger partial charge in [0, 0.05) is 5.69 Å². The predicted octanol–water partition coefficient (Wildman–Crippen LogP) is 3.67. The molecule has 0 radical (unpaired) electrons. The Labute approximate surface area is 120 Å². The van der Waals surface area contributed by atoms with Crippen molar-refractivity contribution in [1.82, 2.24) is 0 Å². The smallest absolute Gasteiger partial charge is 0.262 e. The van der Waals surface area contributed by atoms with Gasteiger partial charge in [0.15, 0.2) is 0 Å². The minimum Gasteiger partial charge on any atom is -0.280 e. The molecule has 0 saturated heterocycles. The van der Waals surface area contributed by atoms with Crippen LogP contribution in [0.25, 0.3) is 0 Å². The Morgan fingerprint density at radius 2 is 1.65 bits per heavy atom. The molecule has 0 spiro atoms. The average Bonchev–Trinajstić information content (AvgIpc) is 2.42. The first-order chi connectivity index (χ1) is 9.42. The van der Waals surface area contributed by atoms with E-state index in [4.69, 9.17) is 0 Å². The number of rotatable bonds is 4. The SMILES string of the molecule is CCc1ccc(NS(=O)(=O)c2cc(C)ccc2C)cc1. The zero-order valence-corrected chi connectivity index (χ0v) is 12.8. The van der Waals surface area contributed by atoms with Crippen molar-refractivity contribution in [1.29, 1.82) is 0 Å². The second-order valence-corrected chi connectivity index (χ2v) is 6.58. The van der Waals surface area contributed by atoms with Crippen LogP contribution < -0.4 is 4.72 Å². The number of hydrogen-bond donors (Lipinski definition) is 1. The Hall–Kier alpha value is -1.81. The zero-order valence-electron chi connectivity index (χ0n) is 12.0. The maximum Gasteiger partial charge on any atom is 0.262 e. The van der Waals surface area contributed by atoms with Gasteiger partial charge in [-0.1, -0.05) is 31.2 Å². The van der Waals surface area contributed by atoms with E-state index in [9.17, 15) is 8.42 Å². The van der Waals surface area contributed by atoms with Gasteiger partial charge < -0.3 is 0 Å². The van der Waals surface area contributed by atoms with Gasteiger partial charge >= 0.3 is 0 Å². The summed E-state index contributed by atoms with van der Waals surface area (Å²) in [6.07, 6.45) is 0.935. The maximum atomic E-state index is 12.4. The number of aryl methyl sites for hydroxylation is 3. The third-order valence-electron chi connectivity index (χ3n) is 3.25. The quantitative estimate of drug-likeness (QED) is 0.933. The summed E-state index contributed by atoms with van der Waals surface area (Å²) in [5.74, 6) is 0. The van der Waals surface area contributed by atoms with Crippen molar-refractivity contribution in [3.8, 4) is 0 Å². The molecule has 0 aliphatic carbocycles. The Morgan fingerprint density at radius 3 is 2.25 bits per heavy atom. The summed E-state index contributed by atoms with van der Waals surface area (Å²) in [5, 5.41) is 0. The van der Waals surface area contributed by atoms with E-state index in [1.165, 1.54) is 5.56 Å². The van der Waals surface area contributed by atoms with Crippen molar-refractivity contribution in [2.75, 3.05) is 4.72 Å². The fourth-order valence-corrected chi connectivity index (χ4v) is 3.40. The summed E-state index contributed by atoms with van der Waals surface area (Å²) >= 11 is 0. The summed E-state index contributed by atoms with van der Waals surface area (Å²) < 4.78 is 27.5. The van der Waals surface area contributed by atoms with Gasteiger partial charge in [-0.25, -0.2) is 8.42 Å². The van der Waals surface area contributed by atoms with E-state index in [0.717, 1.165) is 17.5 Å². The summed E-state index contributed by atoms with van der Waals surface area (Å²) in [6.45, 7) is 5.75. The molecule has 3 nitrogen and oxygen atoms in total. The molecule has 0 bridgehead atoms. The van der Waals surface area contributed by atoms with E-state index in [1.54, 1.807) is 25.1 Å². The molecule has 2 aromatic rings. The molecule has 0 aliphatic rings. The van der Waals surface area contributed by atoms with Crippen LogP contribution in [-0.2, 0) is 16.4 Å². The highest BCUT2D eigenvalue weighted by molar-refractivity contribution is 7.92. The Bertz CT molecular complexity index is 704. The van der Waals surface area contributed by atoms with E-state index in [-0.39, 0.29) is 0 Å². The molecule has 20 heavy (non-hydrogen) atoms. The van der Waals surface area contributed by atoms with Crippen LogP contribution in [0.15, 0.2) is 47.4 Å². The summed E-state index contributed by atoms with van der Waals surface area (Å²) in [6, 6.07) is 12.9. The zero-order chi connectivity index (χ0) is 14.8. The molecular weight excluding hydrogens is 270 g/mol. The Kier molecular flexibility index (Phi) is 4.14. The average molecular weight is 289 g/mol. The highest BCUT2D eigenvalue weighted by Crippen LogP contribution is 2.20. The third kappa shape index (κ3) is 3.20. The minimum atomic E-state index is -3.54. The summed E-state index contributed by atoms with van der Waals surface area (Å²) in [5.41, 5.74) is 3.44. The standard InChI is InChI=1S/C16H19NO2S/c1-4-14-7-9-15(10-8-14)17-20(18,19)16-11-12(2)5-6-13(16)3/h5-11,17H,4H2,1-3H3. The van der Waals surface area contributed by atoms with Gasteiger partial charge in [0.05, 0.1) is 4.90 Å². The molecule has 0 aromatic heterocycles. The van der Waals surface area contributed by atoms with Gasteiger partial charge in [-0.15, -0.1) is 0 Å². The fraction of sp³-hybridized carbons (Fsp3) is 0.250. The molecule has 4 heteroatoms. The minimum absolute atomic E-state index is 0.331. The molecule has 0 heterocycles. The molecule has 0 fully saturated rings. The van der Waals surface area contributed by atoms with Crippen LogP contribution in [0.2, 0.25) is 0 Å². The molecular formula is C16H19NO2S. The van der Waals surface area contributed by atoms with E-state index in [2.05, 4.69) is 11.6 Å². The lowest BCUT2D eigenvalue weighted by Gasteiger charge is -2.11. The third-order valence-corrected chi connectivity index (χ3v) is 4.77. The Balaban J connectivity index is 2.32. The van der Waals surface area contributed by atoms with Crippen LogP contribution in [-0.4, -0.2) is 8.42 Å². The van der Waals surface area contributed by atoms with Crippen LogP contribution in [0.4, 0.5) is 5.69 Å². The second-order valence-electron chi connectivity index (χ2n) is 4.92. The normalized spacial score (nSPS) is 11.3. The molecule has 0 aliphatic heterocycles. The van der Waals surface area contributed by atoms with Crippen molar-refractivity contribution in [3.05, 3.63) is 59.2 Å². The highest BCUT2D eigenvalue weighted by atomic mass is 32.2. The molecule has 0 amide bonds. The first-order valence-electron chi connectivity index (χ1n) is 6.61. The van der Waals surface area contributed by atoms with Crippen LogP contribution in [0.3, 0.4) is 0 Å². The predicted molar refractivity (Wildman–Crippen MR) is 82.5 cm³/mol. The molecule has 2 aromatic carbocycles. The van der Waals surface area contributed by atoms with E-state index in [1.807, 2.05) is 31.2 Å². The van der Waals surface area contributed by atoms with Crippen molar-refractivity contribution in [2.45, 2.75) is 32.1 Å². The van der Waals surface area contributed by atoms with Crippen molar-refractivity contribution >= 4 is 15.7 Å². The first kappa shape index (κ1) is 14.6. The number of nitrogens with one attached hydrogen (secondary N) is 1. The summed E-state index contributed by atoms with van der Waals surface area (Å²) in [7, 11) is -3.54. The van der Waals surface area contributed by atoms with E-state index < -0.39 is 10.0 Å². The van der Waals surface area contributed by atoms with Gasteiger partial charge in [0.2, 0.25) is 0 Å². The highest BCUT2D eigenvalue weighted by Gasteiger charge is 2.16. The molecule has 0 unspecified atom stereocenters. The Morgan fingerprint density at radius 1 is 1.00 bits per heavy atom. The molecule has 106 valence electrons. The van der Waals surface area contributed by atoms with Crippen LogP contribution in [0.1, 0.15) is 23.6 Å². The van der Waals surface area contributed by atoms with Crippen molar-refractivity contribution in [2.24, 2.45) is 0 Å². The number of benzene rings is 2. The second kappa shape index (κ2) is 5.67. The number of sulfonamides is 1. The molecule has 1 N–H and O–H groups in total. The van der Waals surface area contributed by atoms with Gasteiger partial charge in [-0.2, -0.15) is 0 Å². The maximum absolute atomic E-state index is 12.4. The largest absolute Gasteiger partial charge is 0.280 e. The monoisotopic (exact) mass is 289 g/mol. The lowest BCUT2D eigenvalue weighted by Crippen LogP contribution is -2.14.